The van der Waals surface area contributed by atoms with Crippen molar-refractivity contribution in [2.45, 2.75) is 39.2 Å². The third kappa shape index (κ3) is 3.88. The molecule has 0 spiro atoms. The minimum Gasteiger partial charge on any atom is -0.473 e. The highest BCUT2D eigenvalue weighted by atomic mass is 16.5. The van der Waals surface area contributed by atoms with E-state index in [9.17, 15) is 4.79 Å². The summed E-state index contributed by atoms with van der Waals surface area (Å²) in [6.45, 7) is 5.01. The lowest BCUT2D eigenvalue weighted by Crippen LogP contribution is -2.42. The second-order valence-electron chi connectivity index (χ2n) is 6.86. The van der Waals surface area contributed by atoms with Gasteiger partial charge in [0.05, 0.1) is 12.1 Å². The van der Waals surface area contributed by atoms with Gasteiger partial charge in [0.25, 0.3) is 0 Å². The average molecular weight is 382 g/mol. The Morgan fingerprint density at radius 2 is 2.07 bits per heavy atom. The minimum atomic E-state index is 0.0213. The Morgan fingerprint density at radius 3 is 2.68 bits per heavy atom. The second-order valence-corrected chi connectivity index (χ2v) is 6.86. The number of nitrogens with zero attached hydrogens (tertiary/aromatic N) is 6. The summed E-state index contributed by atoms with van der Waals surface area (Å²) < 4.78 is 12.7. The van der Waals surface area contributed by atoms with E-state index in [1.807, 2.05) is 30.9 Å². The number of amides is 1. The van der Waals surface area contributed by atoms with Gasteiger partial charge in [0.2, 0.25) is 11.8 Å². The molecule has 1 aliphatic heterocycles. The van der Waals surface area contributed by atoms with Crippen molar-refractivity contribution in [2.75, 3.05) is 13.1 Å². The molecule has 3 aromatic rings. The van der Waals surface area contributed by atoms with Gasteiger partial charge in [0, 0.05) is 50.0 Å². The summed E-state index contributed by atoms with van der Waals surface area (Å²) in [5.74, 6) is 1.92. The van der Waals surface area contributed by atoms with Gasteiger partial charge >= 0.3 is 0 Å². The van der Waals surface area contributed by atoms with Gasteiger partial charge < -0.3 is 14.2 Å². The number of rotatable bonds is 5. The summed E-state index contributed by atoms with van der Waals surface area (Å²) in [6, 6.07) is 5.43. The summed E-state index contributed by atoms with van der Waals surface area (Å²) in [4.78, 5) is 14.4. The lowest BCUT2D eigenvalue weighted by molar-refractivity contribution is -0.132. The lowest BCUT2D eigenvalue weighted by atomic mass is 10.1. The van der Waals surface area contributed by atoms with Crippen LogP contribution in [-0.2, 0) is 11.2 Å². The van der Waals surface area contributed by atoms with Crippen molar-refractivity contribution in [3.8, 4) is 11.7 Å². The molecule has 0 aromatic carbocycles. The van der Waals surface area contributed by atoms with Crippen LogP contribution >= 0.6 is 0 Å². The molecule has 0 atom stereocenters. The van der Waals surface area contributed by atoms with Crippen molar-refractivity contribution in [3.63, 3.8) is 0 Å². The molecular formula is C19H22N6O3. The fraction of sp³-hybridized carbons (Fsp3) is 0.421. The summed E-state index contributed by atoms with van der Waals surface area (Å²) in [7, 11) is 0. The smallest absolute Gasteiger partial charge is 0.233 e. The molecule has 0 radical (unpaired) electrons. The van der Waals surface area contributed by atoms with Crippen molar-refractivity contribution in [1.29, 1.82) is 0 Å². The standard InChI is InChI=1S/C19H22N6O3/c1-13-16(14(2)28-23-13)12-19(26)24-10-6-15(7-11-24)27-18-5-4-17(21-22-18)25-9-3-8-20-25/h3-5,8-9,15H,6-7,10-12H2,1-2H3. The number of carbonyl (C=O) groups is 1. The van der Waals surface area contributed by atoms with Crippen LogP contribution in [-0.4, -0.2) is 55.1 Å². The van der Waals surface area contributed by atoms with Crippen molar-refractivity contribution < 1.29 is 14.1 Å². The zero-order chi connectivity index (χ0) is 19.5. The Balaban J connectivity index is 1.29. The molecule has 9 nitrogen and oxygen atoms in total. The van der Waals surface area contributed by atoms with E-state index < -0.39 is 0 Å². The molecule has 146 valence electrons. The molecule has 4 rings (SSSR count). The fourth-order valence-electron chi connectivity index (χ4n) is 3.31. The van der Waals surface area contributed by atoms with Crippen LogP contribution < -0.4 is 4.74 Å². The molecule has 0 bridgehead atoms. The van der Waals surface area contributed by atoms with Gasteiger partial charge in [-0.25, -0.2) is 4.68 Å². The molecular weight excluding hydrogens is 360 g/mol. The van der Waals surface area contributed by atoms with E-state index in [4.69, 9.17) is 9.26 Å². The largest absolute Gasteiger partial charge is 0.473 e. The Hall–Kier alpha value is -3.23. The van der Waals surface area contributed by atoms with Crippen molar-refractivity contribution in [2.24, 2.45) is 0 Å². The summed E-state index contributed by atoms with van der Waals surface area (Å²) in [5.41, 5.74) is 1.66. The fourth-order valence-corrected chi connectivity index (χ4v) is 3.31. The molecule has 0 saturated carbocycles. The number of carbonyl (C=O) groups excluding carboxylic acids is 1. The van der Waals surface area contributed by atoms with Crippen LogP contribution in [0, 0.1) is 13.8 Å². The van der Waals surface area contributed by atoms with E-state index in [1.54, 1.807) is 23.1 Å². The van der Waals surface area contributed by atoms with Gasteiger partial charge in [0.1, 0.15) is 11.9 Å². The van der Waals surface area contributed by atoms with Gasteiger partial charge in [-0.05, 0) is 26.0 Å². The number of piperidine rings is 1. The van der Waals surface area contributed by atoms with Crippen LogP contribution in [0.15, 0.2) is 35.1 Å². The molecule has 4 heterocycles. The van der Waals surface area contributed by atoms with Gasteiger partial charge in [-0.15, -0.1) is 10.2 Å². The van der Waals surface area contributed by atoms with Crippen molar-refractivity contribution >= 4 is 5.91 Å². The number of hydrogen-bond donors (Lipinski definition) is 0. The normalized spacial score (nSPS) is 15.0. The van der Waals surface area contributed by atoms with Crippen molar-refractivity contribution in [1.82, 2.24) is 30.0 Å². The molecule has 0 unspecified atom stereocenters. The third-order valence-electron chi connectivity index (χ3n) is 4.96. The van der Waals surface area contributed by atoms with Crippen LogP contribution in [0.1, 0.15) is 29.9 Å². The summed E-state index contributed by atoms with van der Waals surface area (Å²) in [5, 5.41) is 16.3. The maximum absolute atomic E-state index is 12.6. The van der Waals surface area contributed by atoms with Crippen LogP contribution in [0.4, 0.5) is 0 Å². The van der Waals surface area contributed by atoms with Crippen molar-refractivity contribution in [3.05, 3.63) is 47.6 Å². The zero-order valence-electron chi connectivity index (χ0n) is 15.9. The van der Waals surface area contributed by atoms with E-state index in [1.165, 1.54) is 0 Å². The lowest BCUT2D eigenvalue weighted by Gasteiger charge is -2.32. The quantitative estimate of drug-likeness (QED) is 0.664. The predicted octanol–water partition coefficient (Wildman–Crippen LogP) is 1.88. The van der Waals surface area contributed by atoms with E-state index in [-0.39, 0.29) is 12.0 Å². The van der Waals surface area contributed by atoms with E-state index >= 15 is 0 Å². The Kier molecular flexibility index (Phi) is 5.05. The van der Waals surface area contributed by atoms with Gasteiger partial charge in [-0.1, -0.05) is 5.16 Å². The summed E-state index contributed by atoms with van der Waals surface area (Å²) in [6.07, 6.45) is 5.36. The molecule has 0 aliphatic carbocycles. The number of hydrogen-bond acceptors (Lipinski definition) is 7. The number of aromatic nitrogens is 5. The van der Waals surface area contributed by atoms with Crippen LogP contribution in [0.25, 0.3) is 5.82 Å². The third-order valence-corrected chi connectivity index (χ3v) is 4.96. The Bertz CT molecular complexity index is 908. The van der Waals surface area contributed by atoms with E-state index in [0.29, 0.717) is 37.0 Å². The molecule has 1 aliphatic rings. The monoisotopic (exact) mass is 382 g/mol. The SMILES string of the molecule is Cc1noc(C)c1CC(=O)N1CCC(Oc2ccc(-n3cccn3)nn2)CC1. The van der Waals surface area contributed by atoms with E-state index in [0.717, 1.165) is 24.1 Å². The molecule has 1 saturated heterocycles. The molecule has 0 N–H and O–H groups in total. The molecule has 3 aromatic heterocycles. The number of ether oxygens (including phenoxy) is 1. The predicted molar refractivity (Wildman–Crippen MR) is 99.1 cm³/mol. The first-order chi connectivity index (χ1) is 13.6. The summed E-state index contributed by atoms with van der Waals surface area (Å²) >= 11 is 0. The molecule has 1 fully saturated rings. The van der Waals surface area contributed by atoms with Gasteiger partial charge in [-0.3, -0.25) is 4.79 Å². The number of likely N-dealkylation sites (tertiary alicyclic amines) is 1. The molecule has 1 amide bonds. The van der Waals surface area contributed by atoms with Gasteiger partial charge in [-0.2, -0.15) is 5.10 Å². The van der Waals surface area contributed by atoms with Crippen LogP contribution in [0.2, 0.25) is 0 Å². The topological polar surface area (TPSA) is 99.2 Å². The number of aryl methyl sites for hydroxylation is 2. The van der Waals surface area contributed by atoms with Crippen LogP contribution in [0.3, 0.4) is 0 Å². The molecule has 28 heavy (non-hydrogen) atoms. The van der Waals surface area contributed by atoms with Crippen LogP contribution in [0.5, 0.6) is 5.88 Å². The minimum absolute atomic E-state index is 0.0213. The first-order valence-electron chi connectivity index (χ1n) is 9.30. The average Bonchev–Trinajstić information content (AvgIpc) is 3.35. The Morgan fingerprint density at radius 1 is 1.25 bits per heavy atom. The second kappa shape index (κ2) is 7.79. The van der Waals surface area contributed by atoms with E-state index in [2.05, 4.69) is 20.5 Å². The maximum atomic E-state index is 12.6. The highest BCUT2D eigenvalue weighted by molar-refractivity contribution is 5.79. The van der Waals surface area contributed by atoms with Gasteiger partial charge in [0.15, 0.2) is 5.82 Å². The highest BCUT2D eigenvalue weighted by Crippen LogP contribution is 2.19. The highest BCUT2D eigenvalue weighted by Gasteiger charge is 2.25. The maximum Gasteiger partial charge on any atom is 0.233 e. The first kappa shape index (κ1) is 18.1. The first-order valence-corrected chi connectivity index (χ1v) is 9.30. The Labute approximate surface area is 162 Å². The molecule has 9 heteroatoms. The zero-order valence-corrected chi connectivity index (χ0v) is 15.9.